The molecule has 0 unspecified atom stereocenters. The minimum atomic E-state index is -1.20. The normalized spacial score (nSPS) is 22.7. The molecule has 0 saturated carbocycles. The van der Waals surface area contributed by atoms with Crippen LogP contribution >= 0.6 is 0 Å². The van der Waals surface area contributed by atoms with E-state index in [1.54, 1.807) is 12.1 Å². The molecule has 5 rings (SSSR count). The van der Waals surface area contributed by atoms with Crippen LogP contribution in [0.5, 0.6) is 5.75 Å². The summed E-state index contributed by atoms with van der Waals surface area (Å²) in [5, 5.41) is 22.5. The highest BCUT2D eigenvalue weighted by Crippen LogP contribution is 2.24. The van der Waals surface area contributed by atoms with Crippen molar-refractivity contribution in [3.8, 4) is 5.75 Å². The number of nitrogens with one attached hydrogen (secondary N) is 4. The minimum Gasteiger partial charge on any atom is -0.508 e. The lowest BCUT2D eigenvalue weighted by molar-refractivity contribution is -0.142. The topological polar surface area (TPSA) is 286 Å². The maximum Gasteiger partial charge on any atom is 0.245 e. The number of nitrogens with zero attached hydrogens (tertiary/aromatic N) is 3. The van der Waals surface area contributed by atoms with Gasteiger partial charge in [0.1, 0.15) is 29.9 Å². The molecule has 0 spiro atoms. The Balaban J connectivity index is 1.50. The summed E-state index contributed by atoms with van der Waals surface area (Å²) in [4.78, 5) is 78.9. The van der Waals surface area contributed by atoms with Gasteiger partial charge in [-0.05, 0) is 46.9 Å². The Morgan fingerprint density at radius 2 is 1.42 bits per heavy atom. The Bertz CT molecular complexity index is 1890. The molecule has 0 aromatic heterocycles. The number of guanidine groups is 2. The molecule has 2 heterocycles. The van der Waals surface area contributed by atoms with Crippen molar-refractivity contribution in [1.29, 1.82) is 0 Å². The molecular formula is C36H45N11O6. The van der Waals surface area contributed by atoms with Crippen molar-refractivity contribution in [2.24, 2.45) is 32.9 Å². The zero-order chi connectivity index (χ0) is 38.1. The zero-order valence-electron chi connectivity index (χ0n) is 29.0. The van der Waals surface area contributed by atoms with Gasteiger partial charge in [0.15, 0.2) is 11.9 Å². The van der Waals surface area contributed by atoms with Crippen LogP contribution in [0, 0.1) is 0 Å². The summed E-state index contributed by atoms with van der Waals surface area (Å²) in [7, 11) is 0. The van der Waals surface area contributed by atoms with Crippen molar-refractivity contribution in [2.75, 3.05) is 19.6 Å². The first-order valence-corrected chi connectivity index (χ1v) is 17.2. The molecular weight excluding hydrogens is 682 g/mol. The third kappa shape index (κ3) is 10.3. The van der Waals surface area contributed by atoms with E-state index >= 15 is 0 Å². The number of nitrogens with two attached hydrogens (primary N) is 4. The smallest absolute Gasteiger partial charge is 0.245 e. The fraction of sp³-hybridized carbons (Fsp3) is 0.361. The molecule has 2 fully saturated rings. The Hall–Kier alpha value is -6.39. The van der Waals surface area contributed by atoms with Crippen molar-refractivity contribution in [3.63, 3.8) is 0 Å². The fourth-order valence-electron chi connectivity index (χ4n) is 6.54. The number of aromatic hydroxyl groups is 1. The van der Waals surface area contributed by atoms with Crippen molar-refractivity contribution < 1.29 is 29.1 Å². The molecule has 17 nitrogen and oxygen atoms in total. The van der Waals surface area contributed by atoms with E-state index in [-0.39, 0.29) is 62.9 Å². The van der Waals surface area contributed by atoms with E-state index in [9.17, 15) is 29.1 Å². The summed E-state index contributed by atoms with van der Waals surface area (Å²) in [5.41, 5.74) is 23.7. The van der Waals surface area contributed by atoms with Crippen LogP contribution in [0.2, 0.25) is 0 Å². The second-order valence-corrected chi connectivity index (χ2v) is 13.1. The summed E-state index contributed by atoms with van der Waals surface area (Å²) in [5.74, 6) is -3.61. The number of hydrogen-bond acceptors (Lipinski definition) is 8. The largest absolute Gasteiger partial charge is 0.508 e. The number of carbonyl (C=O) groups is 5. The summed E-state index contributed by atoms with van der Waals surface area (Å²) >= 11 is 0. The lowest BCUT2D eigenvalue weighted by Crippen LogP contribution is -2.57. The number of phenolic OH excluding ortho intramolecular Hbond substituents is 1. The minimum absolute atomic E-state index is 0.00968. The quantitative estimate of drug-likeness (QED) is 0.0678. The van der Waals surface area contributed by atoms with E-state index in [0.29, 0.717) is 5.56 Å². The SMILES string of the molecule is NC(N)=NCCC[C@@H]1NC(=O)[C@@H](Cc2ccc(O)cc2)NC(=O)CNC(=O)[C@H](Cc2ccc3ccccc3c2)NC(=O)[C@@H]2C[C@@H](N=C(N)N)CN2C1=O. The third-order valence-corrected chi connectivity index (χ3v) is 9.09. The third-order valence-electron chi connectivity index (χ3n) is 9.09. The highest BCUT2D eigenvalue weighted by Gasteiger charge is 2.43. The summed E-state index contributed by atoms with van der Waals surface area (Å²) < 4.78 is 0. The number of benzene rings is 3. The van der Waals surface area contributed by atoms with E-state index in [1.807, 2.05) is 42.5 Å². The van der Waals surface area contributed by atoms with Crippen molar-refractivity contribution in [1.82, 2.24) is 26.2 Å². The molecule has 5 amide bonds. The lowest BCUT2D eigenvalue weighted by atomic mass is 10.0. The highest BCUT2D eigenvalue weighted by atomic mass is 16.3. The van der Waals surface area contributed by atoms with E-state index in [0.717, 1.165) is 16.3 Å². The number of amides is 5. The number of aliphatic imine (C=N–C) groups is 2. The van der Waals surface area contributed by atoms with Gasteiger partial charge in [-0.1, -0.05) is 54.6 Å². The molecule has 3 aromatic rings. The van der Waals surface area contributed by atoms with Crippen LogP contribution in [0.3, 0.4) is 0 Å². The van der Waals surface area contributed by atoms with Crippen LogP contribution in [0.4, 0.5) is 0 Å². The molecule has 280 valence electrons. The molecule has 0 bridgehead atoms. The van der Waals surface area contributed by atoms with Gasteiger partial charge in [-0.3, -0.25) is 29.0 Å². The first-order chi connectivity index (χ1) is 25.4. The predicted octanol–water partition coefficient (Wildman–Crippen LogP) is -1.79. The molecule has 13 N–H and O–H groups in total. The standard InChI is InChI=1S/C36H45N11O6/c37-35(38)41-13-3-6-26-34(53)47-19-24(43-36(39)40)17-29(47)33(52)46-27(16-21-7-10-22-4-1-2-5-23(22)14-21)31(50)42-18-30(49)44-28(32(51)45-26)15-20-8-11-25(48)12-9-20/h1-2,4-5,7-12,14,24,26-29,48H,3,6,13,15-19H2,(H,42,50)(H,44,49)(H,45,51)(H,46,52)(H4,37,38,41)(H4,39,40,43)/t24-,26+,27+,28-,29+/m1/s1. The van der Waals surface area contributed by atoms with Crippen LogP contribution in [0.15, 0.2) is 76.7 Å². The molecule has 0 radical (unpaired) electrons. The molecule has 5 atom stereocenters. The molecule has 0 aliphatic carbocycles. The van der Waals surface area contributed by atoms with Crippen LogP contribution < -0.4 is 44.2 Å². The lowest BCUT2D eigenvalue weighted by Gasteiger charge is -2.30. The van der Waals surface area contributed by atoms with Crippen LogP contribution in [-0.4, -0.2) is 101 Å². The van der Waals surface area contributed by atoms with Crippen LogP contribution in [-0.2, 0) is 36.8 Å². The van der Waals surface area contributed by atoms with Gasteiger partial charge in [0.05, 0.1) is 12.6 Å². The molecule has 3 aromatic carbocycles. The second kappa shape index (κ2) is 17.2. The van der Waals surface area contributed by atoms with Gasteiger partial charge in [-0.2, -0.15) is 0 Å². The van der Waals surface area contributed by atoms with Gasteiger partial charge in [0.2, 0.25) is 29.5 Å². The van der Waals surface area contributed by atoms with Gasteiger partial charge in [0, 0.05) is 32.4 Å². The molecule has 17 heteroatoms. The van der Waals surface area contributed by atoms with Crippen molar-refractivity contribution in [2.45, 2.75) is 62.3 Å². The predicted molar refractivity (Wildman–Crippen MR) is 198 cm³/mol. The van der Waals surface area contributed by atoms with Gasteiger partial charge < -0.3 is 54.2 Å². The Morgan fingerprint density at radius 3 is 2.13 bits per heavy atom. The Labute approximate surface area is 305 Å². The number of rotatable bonds is 9. The maximum atomic E-state index is 14.4. The van der Waals surface area contributed by atoms with Crippen molar-refractivity contribution >= 4 is 52.2 Å². The Morgan fingerprint density at radius 1 is 0.755 bits per heavy atom. The monoisotopic (exact) mass is 727 g/mol. The first-order valence-electron chi connectivity index (χ1n) is 17.2. The molecule has 53 heavy (non-hydrogen) atoms. The van der Waals surface area contributed by atoms with Gasteiger partial charge in [-0.25, -0.2) is 4.99 Å². The first kappa shape index (κ1) is 37.9. The van der Waals surface area contributed by atoms with Gasteiger partial charge in [-0.15, -0.1) is 0 Å². The summed E-state index contributed by atoms with van der Waals surface area (Å²) in [6.45, 7) is -0.407. The summed E-state index contributed by atoms with van der Waals surface area (Å²) in [6.07, 6.45) is 0.447. The van der Waals surface area contributed by atoms with E-state index in [1.165, 1.54) is 17.0 Å². The number of phenols is 1. The van der Waals surface area contributed by atoms with Crippen LogP contribution in [0.25, 0.3) is 10.8 Å². The average molecular weight is 728 g/mol. The second-order valence-electron chi connectivity index (χ2n) is 13.1. The highest BCUT2D eigenvalue weighted by molar-refractivity contribution is 5.98. The fourth-order valence-corrected chi connectivity index (χ4v) is 6.54. The maximum absolute atomic E-state index is 14.4. The number of carbonyl (C=O) groups excluding carboxylic acids is 5. The van der Waals surface area contributed by atoms with Crippen LogP contribution in [0.1, 0.15) is 30.4 Å². The Kier molecular flexibility index (Phi) is 12.3. The average Bonchev–Trinajstić information content (AvgIpc) is 3.54. The molecule has 2 aliphatic heterocycles. The summed E-state index contributed by atoms with van der Waals surface area (Å²) in [6, 6.07) is 14.2. The van der Waals surface area contributed by atoms with Gasteiger partial charge in [0.25, 0.3) is 0 Å². The van der Waals surface area contributed by atoms with Gasteiger partial charge >= 0.3 is 0 Å². The number of hydrogen-bond donors (Lipinski definition) is 9. The number of fused-ring (bicyclic) bond motifs is 2. The molecule has 2 saturated heterocycles. The van der Waals surface area contributed by atoms with Crippen molar-refractivity contribution in [3.05, 3.63) is 77.9 Å². The van der Waals surface area contributed by atoms with E-state index < -0.39 is 66.3 Å². The molecule has 2 aliphatic rings. The van der Waals surface area contributed by atoms with E-state index in [2.05, 4.69) is 31.3 Å². The van der Waals surface area contributed by atoms with E-state index in [4.69, 9.17) is 22.9 Å². The zero-order valence-corrected chi connectivity index (χ0v) is 29.0.